The Hall–Kier alpha value is -1.55. The van der Waals surface area contributed by atoms with Crippen molar-refractivity contribution in [2.45, 2.75) is 26.8 Å². The molecule has 1 atom stereocenters. The predicted octanol–water partition coefficient (Wildman–Crippen LogP) is 2.44. The number of methoxy groups -OCH3 is 1. The standard InChI is InChI=1S/C14H18ClNO3/c1-9-5-6-12(10(2)7-9)16(13(17)8-15)11(3)14(18)19-4/h5-7,11H,8H2,1-4H3. The molecule has 0 aliphatic heterocycles. The van der Waals surface area contributed by atoms with Gasteiger partial charge < -0.3 is 4.74 Å². The van der Waals surface area contributed by atoms with Crippen molar-refractivity contribution in [2.24, 2.45) is 0 Å². The summed E-state index contributed by atoms with van der Waals surface area (Å²) in [6, 6.07) is 4.95. The average molecular weight is 284 g/mol. The van der Waals surface area contributed by atoms with Crippen LogP contribution < -0.4 is 4.90 Å². The van der Waals surface area contributed by atoms with E-state index in [0.29, 0.717) is 5.69 Å². The number of hydrogen-bond donors (Lipinski definition) is 0. The van der Waals surface area contributed by atoms with Crippen molar-refractivity contribution in [3.05, 3.63) is 29.3 Å². The molecule has 0 fully saturated rings. The molecule has 4 nitrogen and oxygen atoms in total. The molecule has 0 saturated heterocycles. The van der Waals surface area contributed by atoms with Gasteiger partial charge >= 0.3 is 5.97 Å². The molecule has 1 aromatic rings. The zero-order chi connectivity index (χ0) is 14.6. The van der Waals surface area contributed by atoms with E-state index in [0.717, 1.165) is 11.1 Å². The molecule has 0 saturated carbocycles. The lowest BCUT2D eigenvalue weighted by atomic mass is 10.1. The molecule has 0 aliphatic rings. The minimum Gasteiger partial charge on any atom is -0.467 e. The summed E-state index contributed by atoms with van der Waals surface area (Å²) in [7, 11) is 1.30. The number of halogens is 1. The molecule has 0 N–H and O–H groups in total. The lowest BCUT2D eigenvalue weighted by Crippen LogP contribution is -2.45. The number of benzene rings is 1. The van der Waals surface area contributed by atoms with Crippen molar-refractivity contribution in [1.29, 1.82) is 0 Å². The molecular formula is C14H18ClNO3. The first-order chi connectivity index (χ1) is 8.92. The summed E-state index contributed by atoms with van der Waals surface area (Å²) in [5.74, 6) is -0.987. The first-order valence-electron chi connectivity index (χ1n) is 5.95. The van der Waals surface area contributed by atoms with Crippen molar-refractivity contribution < 1.29 is 14.3 Å². The van der Waals surface area contributed by atoms with Crippen LogP contribution in [0.1, 0.15) is 18.1 Å². The van der Waals surface area contributed by atoms with E-state index >= 15 is 0 Å². The maximum Gasteiger partial charge on any atom is 0.328 e. The number of alkyl halides is 1. The molecule has 0 aliphatic carbocycles. The van der Waals surface area contributed by atoms with Crippen LogP contribution in [0.3, 0.4) is 0 Å². The number of rotatable bonds is 4. The molecule has 5 heteroatoms. The second kappa shape index (κ2) is 6.57. The maximum atomic E-state index is 12.0. The fourth-order valence-corrected chi connectivity index (χ4v) is 2.10. The van der Waals surface area contributed by atoms with E-state index in [4.69, 9.17) is 16.3 Å². The molecule has 19 heavy (non-hydrogen) atoms. The Morgan fingerprint density at radius 3 is 2.47 bits per heavy atom. The van der Waals surface area contributed by atoms with Crippen LogP contribution in [0.4, 0.5) is 5.69 Å². The highest BCUT2D eigenvalue weighted by molar-refractivity contribution is 6.29. The number of anilines is 1. The summed E-state index contributed by atoms with van der Waals surface area (Å²) < 4.78 is 4.70. The first-order valence-corrected chi connectivity index (χ1v) is 6.49. The van der Waals surface area contributed by atoms with E-state index < -0.39 is 12.0 Å². The monoisotopic (exact) mass is 283 g/mol. The first kappa shape index (κ1) is 15.5. The summed E-state index contributed by atoms with van der Waals surface area (Å²) in [6.45, 7) is 5.48. The van der Waals surface area contributed by atoms with Gasteiger partial charge in [-0.2, -0.15) is 0 Å². The number of amides is 1. The van der Waals surface area contributed by atoms with E-state index in [1.54, 1.807) is 6.92 Å². The molecule has 0 bridgehead atoms. The fraction of sp³-hybridized carbons (Fsp3) is 0.429. The van der Waals surface area contributed by atoms with E-state index in [1.165, 1.54) is 12.0 Å². The number of esters is 1. The number of ether oxygens (including phenoxy) is 1. The van der Waals surface area contributed by atoms with Crippen LogP contribution in [-0.2, 0) is 14.3 Å². The molecule has 0 spiro atoms. The quantitative estimate of drug-likeness (QED) is 0.630. The number of hydrogen-bond acceptors (Lipinski definition) is 3. The second-order valence-electron chi connectivity index (χ2n) is 4.39. The molecular weight excluding hydrogens is 266 g/mol. The van der Waals surface area contributed by atoms with Gasteiger partial charge in [0.25, 0.3) is 0 Å². The molecule has 0 aromatic heterocycles. The number of aryl methyl sites for hydroxylation is 2. The summed E-state index contributed by atoms with van der Waals surface area (Å²) in [5, 5.41) is 0. The molecule has 1 aromatic carbocycles. The Morgan fingerprint density at radius 1 is 1.37 bits per heavy atom. The third-order valence-electron chi connectivity index (χ3n) is 2.92. The van der Waals surface area contributed by atoms with Gasteiger partial charge in [-0.1, -0.05) is 17.7 Å². The zero-order valence-electron chi connectivity index (χ0n) is 11.6. The smallest absolute Gasteiger partial charge is 0.328 e. The van der Waals surface area contributed by atoms with E-state index in [1.807, 2.05) is 32.0 Å². The highest BCUT2D eigenvalue weighted by Gasteiger charge is 2.28. The second-order valence-corrected chi connectivity index (χ2v) is 4.65. The van der Waals surface area contributed by atoms with Crippen molar-refractivity contribution in [1.82, 2.24) is 0 Å². The lowest BCUT2D eigenvalue weighted by Gasteiger charge is -2.28. The minimum atomic E-state index is -0.711. The summed E-state index contributed by atoms with van der Waals surface area (Å²) in [5.41, 5.74) is 2.67. The zero-order valence-corrected chi connectivity index (χ0v) is 12.3. The third-order valence-corrected chi connectivity index (χ3v) is 3.15. The van der Waals surface area contributed by atoms with Crippen LogP contribution >= 0.6 is 11.6 Å². The molecule has 0 radical (unpaired) electrons. The summed E-state index contributed by atoms with van der Waals surface area (Å²) in [4.78, 5) is 25.0. The lowest BCUT2D eigenvalue weighted by molar-refractivity contribution is -0.142. The molecule has 1 unspecified atom stereocenters. The van der Waals surface area contributed by atoms with Crippen molar-refractivity contribution in [3.63, 3.8) is 0 Å². The van der Waals surface area contributed by atoms with Gasteiger partial charge in [0.1, 0.15) is 11.9 Å². The number of nitrogens with zero attached hydrogens (tertiary/aromatic N) is 1. The predicted molar refractivity (Wildman–Crippen MR) is 75.6 cm³/mol. The SMILES string of the molecule is COC(=O)C(C)N(C(=O)CCl)c1ccc(C)cc1C. The van der Waals surface area contributed by atoms with Gasteiger partial charge in [0.05, 0.1) is 7.11 Å². The number of carbonyl (C=O) groups is 2. The molecule has 104 valence electrons. The van der Waals surface area contributed by atoms with Crippen molar-refractivity contribution in [2.75, 3.05) is 17.9 Å². The van der Waals surface area contributed by atoms with Crippen LogP contribution in [0.15, 0.2) is 18.2 Å². The van der Waals surface area contributed by atoms with E-state index in [2.05, 4.69) is 0 Å². The maximum absolute atomic E-state index is 12.0. The van der Waals surface area contributed by atoms with Crippen molar-refractivity contribution >= 4 is 29.2 Å². The Morgan fingerprint density at radius 2 is 2.00 bits per heavy atom. The average Bonchev–Trinajstić information content (AvgIpc) is 2.39. The fourth-order valence-electron chi connectivity index (χ4n) is 1.97. The van der Waals surface area contributed by atoms with Crippen molar-refractivity contribution in [3.8, 4) is 0 Å². The normalized spacial score (nSPS) is 11.8. The van der Waals surface area contributed by atoms with Crippen LogP contribution in [0.5, 0.6) is 0 Å². The Kier molecular flexibility index (Phi) is 5.36. The highest BCUT2D eigenvalue weighted by Crippen LogP contribution is 2.24. The summed E-state index contributed by atoms with van der Waals surface area (Å²) >= 11 is 5.63. The van der Waals surface area contributed by atoms with Gasteiger partial charge in [-0.05, 0) is 32.4 Å². The molecule has 1 amide bonds. The highest BCUT2D eigenvalue weighted by atomic mass is 35.5. The number of carbonyl (C=O) groups excluding carboxylic acids is 2. The Balaban J connectivity index is 3.24. The van der Waals surface area contributed by atoms with Crippen LogP contribution in [-0.4, -0.2) is 30.9 Å². The van der Waals surface area contributed by atoms with Gasteiger partial charge in [-0.25, -0.2) is 4.79 Å². The minimum absolute atomic E-state index is 0.186. The van der Waals surface area contributed by atoms with Crippen LogP contribution in [0, 0.1) is 13.8 Å². The van der Waals surface area contributed by atoms with Crippen LogP contribution in [0.2, 0.25) is 0 Å². The van der Waals surface area contributed by atoms with E-state index in [9.17, 15) is 9.59 Å². The largest absolute Gasteiger partial charge is 0.467 e. The van der Waals surface area contributed by atoms with Gasteiger partial charge in [-0.3, -0.25) is 9.69 Å². The van der Waals surface area contributed by atoms with Gasteiger partial charge in [0.15, 0.2) is 0 Å². The van der Waals surface area contributed by atoms with Gasteiger partial charge in [0, 0.05) is 5.69 Å². The summed E-state index contributed by atoms with van der Waals surface area (Å²) in [6.07, 6.45) is 0. The van der Waals surface area contributed by atoms with Gasteiger partial charge in [-0.15, -0.1) is 11.6 Å². The molecule has 1 rings (SSSR count). The third kappa shape index (κ3) is 3.47. The van der Waals surface area contributed by atoms with E-state index in [-0.39, 0.29) is 11.8 Å². The topological polar surface area (TPSA) is 46.6 Å². The Bertz CT molecular complexity index is 488. The Labute approximate surface area is 118 Å². The van der Waals surface area contributed by atoms with Gasteiger partial charge in [0.2, 0.25) is 5.91 Å². The van der Waals surface area contributed by atoms with Crippen LogP contribution in [0.25, 0.3) is 0 Å². The molecule has 0 heterocycles.